The predicted molar refractivity (Wildman–Crippen MR) is 78.8 cm³/mol. The van der Waals surface area contributed by atoms with Crippen molar-refractivity contribution >= 4 is 28.2 Å². The highest BCUT2D eigenvalue weighted by atomic mass is 32.1. The highest BCUT2D eigenvalue weighted by Crippen LogP contribution is 2.18. The largest absolute Gasteiger partial charge is 0.325 e. The lowest BCUT2D eigenvalue weighted by Crippen LogP contribution is -2.19. The summed E-state index contributed by atoms with van der Waals surface area (Å²) >= 11 is 1.49. The molecule has 1 aromatic carbocycles. The first-order chi connectivity index (χ1) is 9.28. The van der Waals surface area contributed by atoms with Crippen molar-refractivity contribution in [3.05, 3.63) is 41.4 Å². The first kappa shape index (κ1) is 13.5. The molecule has 0 atom stereocenters. The Morgan fingerprint density at radius 2 is 2.05 bits per heavy atom. The summed E-state index contributed by atoms with van der Waals surface area (Å²) in [5, 5.41) is 9.16. The molecule has 19 heavy (non-hydrogen) atoms. The number of nitrogens with zero attached hydrogens (tertiary/aromatic N) is 1. The van der Waals surface area contributed by atoms with Gasteiger partial charge in [-0.05, 0) is 32.1 Å². The predicted octanol–water partition coefficient (Wildman–Crippen LogP) is 2.55. The summed E-state index contributed by atoms with van der Waals surface area (Å²) in [5.41, 5.74) is 0.756. The minimum Gasteiger partial charge on any atom is -0.319 e. The van der Waals surface area contributed by atoms with Crippen LogP contribution in [-0.4, -0.2) is 24.6 Å². The topological polar surface area (TPSA) is 66.0 Å². The van der Waals surface area contributed by atoms with E-state index in [0.717, 1.165) is 23.5 Å². The smallest absolute Gasteiger partial charge is 0.319 e. The third-order valence-electron chi connectivity index (χ3n) is 2.43. The number of benzene rings is 1. The number of likely N-dealkylation sites (N-methyl/N-ethyl adjacent to an activating group) is 1. The van der Waals surface area contributed by atoms with E-state index in [1.54, 1.807) is 6.20 Å². The number of hydrogen-bond acceptors (Lipinski definition) is 4. The van der Waals surface area contributed by atoms with Gasteiger partial charge < -0.3 is 10.6 Å². The Labute approximate surface area is 116 Å². The fourth-order valence-corrected chi connectivity index (χ4v) is 2.32. The summed E-state index contributed by atoms with van der Waals surface area (Å²) in [4.78, 5) is 17.0. The van der Waals surface area contributed by atoms with Crippen molar-refractivity contribution in [3.63, 3.8) is 0 Å². The average Bonchev–Trinajstić information content (AvgIpc) is 2.85. The van der Waals surface area contributed by atoms with E-state index in [9.17, 15) is 4.79 Å². The molecule has 100 valence electrons. The summed E-state index contributed by atoms with van der Waals surface area (Å²) in [6.07, 6.45) is 2.70. The Morgan fingerprint density at radius 1 is 1.26 bits per heavy atom. The van der Waals surface area contributed by atoms with E-state index < -0.39 is 0 Å². The number of thiazole rings is 1. The van der Waals surface area contributed by atoms with E-state index in [2.05, 4.69) is 20.9 Å². The zero-order chi connectivity index (χ0) is 13.5. The summed E-state index contributed by atoms with van der Waals surface area (Å²) in [7, 11) is 1.91. The molecule has 0 aliphatic rings. The molecule has 0 aliphatic carbocycles. The van der Waals surface area contributed by atoms with Gasteiger partial charge in [-0.1, -0.05) is 18.2 Å². The van der Waals surface area contributed by atoms with Crippen molar-refractivity contribution in [1.29, 1.82) is 0 Å². The van der Waals surface area contributed by atoms with Crippen LogP contribution in [0.1, 0.15) is 4.88 Å². The lowest BCUT2D eigenvalue weighted by atomic mass is 10.3. The Morgan fingerprint density at radius 3 is 2.79 bits per heavy atom. The molecule has 0 saturated carbocycles. The van der Waals surface area contributed by atoms with Gasteiger partial charge in [0, 0.05) is 16.8 Å². The van der Waals surface area contributed by atoms with E-state index >= 15 is 0 Å². The fourth-order valence-electron chi connectivity index (χ4n) is 1.51. The first-order valence-corrected chi connectivity index (χ1v) is 6.82. The molecule has 5 nitrogen and oxygen atoms in total. The van der Waals surface area contributed by atoms with Crippen molar-refractivity contribution < 1.29 is 4.79 Å². The van der Waals surface area contributed by atoms with E-state index in [-0.39, 0.29) is 6.03 Å². The van der Waals surface area contributed by atoms with Gasteiger partial charge in [-0.25, -0.2) is 9.78 Å². The van der Waals surface area contributed by atoms with Crippen LogP contribution in [0.4, 0.5) is 15.6 Å². The third-order valence-corrected chi connectivity index (χ3v) is 3.40. The lowest BCUT2D eigenvalue weighted by Gasteiger charge is -2.04. The number of amides is 2. The Hall–Kier alpha value is -1.92. The Balaban J connectivity index is 1.86. The number of anilines is 2. The van der Waals surface area contributed by atoms with Gasteiger partial charge in [0.25, 0.3) is 0 Å². The van der Waals surface area contributed by atoms with E-state index in [1.165, 1.54) is 11.3 Å². The number of hydrogen-bond donors (Lipinski definition) is 3. The molecule has 6 heteroatoms. The second-order valence-corrected chi connectivity index (χ2v) is 5.05. The van der Waals surface area contributed by atoms with Crippen LogP contribution in [0.5, 0.6) is 0 Å². The zero-order valence-electron chi connectivity index (χ0n) is 10.6. The van der Waals surface area contributed by atoms with Gasteiger partial charge >= 0.3 is 6.03 Å². The maximum absolute atomic E-state index is 11.7. The van der Waals surface area contributed by atoms with Crippen LogP contribution in [-0.2, 0) is 6.42 Å². The second-order valence-electron chi connectivity index (χ2n) is 3.93. The summed E-state index contributed by atoms with van der Waals surface area (Å²) < 4.78 is 0. The second kappa shape index (κ2) is 6.86. The van der Waals surface area contributed by atoms with Gasteiger partial charge in [-0.3, -0.25) is 5.32 Å². The number of carbonyl (C=O) groups excluding carboxylic acids is 1. The van der Waals surface area contributed by atoms with Crippen molar-refractivity contribution in [3.8, 4) is 0 Å². The average molecular weight is 276 g/mol. The van der Waals surface area contributed by atoms with Crippen molar-refractivity contribution in [1.82, 2.24) is 10.3 Å². The molecule has 0 unspecified atom stereocenters. The van der Waals surface area contributed by atoms with Gasteiger partial charge in [0.1, 0.15) is 0 Å². The van der Waals surface area contributed by atoms with Crippen LogP contribution >= 0.6 is 11.3 Å². The molecule has 0 aliphatic heterocycles. The SMILES string of the molecule is CNCCc1cnc(NC(=O)Nc2ccccc2)s1. The number of nitrogens with one attached hydrogen (secondary N) is 3. The van der Waals surface area contributed by atoms with Crippen molar-refractivity contribution in [2.24, 2.45) is 0 Å². The quantitative estimate of drug-likeness (QED) is 0.786. The van der Waals surface area contributed by atoms with Gasteiger partial charge in [-0.15, -0.1) is 11.3 Å². The third kappa shape index (κ3) is 4.35. The number of urea groups is 1. The van der Waals surface area contributed by atoms with Crippen LogP contribution in [0.25, 0.3) is 0 Å². The molecule has 2 amide bonds. The Bertz CT molecular complexity index is 526. The molecule has 1 aromatic heterocycles. The summed E-state index contributed by atoms with van der Waals surface area (Å²) in [5.74, 6) is 0. The molecule has 2 aromatic rings. The van der Waals surface area contributed by atoms with Crippen LogP contribution < -0.4 is 16.0 Å². The van der Waals surface area contributed by atoms with Crippen LogP contribution in [0.3, 0.4) is 0 Å². The summed E-state index contributed by atoms with van der Waals surface area (Å²) in [6.45, 7) is 0.901. The zero-order valence-corrected chi connectivity index (χ0v) is 11.5. The Kier molecular flexibility index (Phi) is 4.88. The van der Waals surface area contributed by atoms with E-state index in [1.807, 2.05) is 37.4 Å². The molecule has 2 rings (SSSR count). The van der Waals surface area contributed by atoms with Crippen LogP contribution in [0.2, 0.25) is 0 Å². The van der Waals surface area contributed by atoms with Crippen LogP contribution in [0, 0.1) is 0 Å². The van der Waals surface area contributed by atoms with Gasteiger partial charge in [0.15, 0.2) is 5.13 Å². The molecule has 3 N–H and O–H groups in total. The molecule has 0 bridgehead atoms. The van der Waals surface area contributed by atoms with Crippen LogP contribution in [0.15, 0.2) is 36.5 Å². The van der Waals surface area contributed by atoms with E-state index in [4.69, 9.17) is 0 Å². The standard InChI is InChI=1S/C13H16N4OS/c1-14-8-7-11-9-15-13(19-11)17-12(18)16-10-5-3-2-4-6-10/h2-6,9,14H,7-8H2,1H3,(H2,15,16,17,18). The molecule has 0 fully saturated rings. The number of rotatable bonds is 5. The molecule has 0 radical (unpaired) electrons. The van der Waals surface area contributed by atoms with E-state index in [0.29, 0.717) is 5.13 Å². The van der Waals surface area contributed by atoms with Crippen molar-refractivity contribution in [2.75, 3.05) is 24.2 Å². The van der Waals surface area contributed by atoms with Gasteiger partial charge in [0.05, 0.1) is 0 Å². The van der Waals surface area contributed by atoms with Gasteiger partial charge in [0.2, 0.25) is 0 Å². The monoisotopic (exact) mass is 276 g/mol. The first-order valence-electron chi connectivity index (χ1n) is 6.00. The maximum Gasteiger partial charge on any atom is 0.325 e. The highest BCUT2D eigenvalue weighted by molar-refractivity contribution is 7.15. The lowest BCUT2D eigenvalue weighted by molar-refractivity contribution is 0.262. The minimum atomic E-state index is -0.277. The molecular formula is C13H16N4OS. The number of para-hydroxylation sites is 1. The molecule has 1 heterocycles. The number of aromatic nitrogens is 1. The maximum atomic E-state index is 11.7. The molecular weight excluding hydrogens is 260 g/mol. The number of carbonyl (C=O) groups is 1. The van der Waals surface area contributed by atoms with Crippen molar-refractivity contribution in [2.45, 2.75) is 6.42 Å². The fraction of sp³-hybridized carbons (Fsp3) is 0.231. The summed E-state index contributed by atoms with van der Waals surface area (Å²) in [6, 6.07) is 9.03. The molecule has 0 saturated heterocycles. The highest BCUT2D eigenvalue weighted by Gasteiger charge is 2.06. The van der Waals surface area contributed by atoms with Gasteiger partial charge in [-0.2, -0.15) is 0 Å². The normalized spacial score (nSPS) is 10.2. The molecule has 0 spiro atoms. The minimum absolute atomic E-state index is 0.277.